The van der Waals surface area contributed by atoms with Gasteiger partial charge in [0.2, 0.25) is 0 Å². The molecule has 0 bridgehead atoms. The Morgan fingerprint density at radius 1 is 1.47 bits per heavy atom. The molecule has 0 aliphatic rings. The highest BCUT2D eigenvalue weighted by Crippen LogP contribution is 2.06. The summed E-state index contributed by atoms with van der Waals surface area (Å²) in [5, 5.41) is 11.8. The maximum Gasteiger partial charge on any atom is 0.126 e. The van der Waals surface area contributed by atoms with Crippen molar-refractivity contribution in [3.05, 3.63) is 35.6 Å². The monoisotopic (exact) mass is 206 g/mol. The van der Waals surface area contributed by atoms with E-state index in [0.717, 1.165) is 6.42 Å². The van der Waals surface area contributed by atoms with Crippen LogP contribution in [0.25, 0.3) is 0 Å². The number of hydrogen-bond acceptors (Lipinski definition) is 2. The van der Waals surface area contributed by atoms with Crippen LogP contribution in [0.1, 0.15) is 18.9 Å². The van der Waals surface area contributed by atoms with Gasteiger partial charge in [-0.05, 0) is 24.5 Å². The first-order valence-corrected chi connectivity index (χ1v) is 5.14. The molecular formula is C12H15FN2. The molecule has 15 heavy (non-hydrogen) atoms. The summed E-state index contributed by atoms with van der Waals surface area (Å²) >= 11 is 0. The van der Waals surface area contributed by atoms with Gasteiger partial charge in [-0.15, -0.1) is 0 Å². The average molecular weight is 206 g/mol. The molecule has 80 valence electrons. The Kier molecular flexibility index (Phi) is 4.79. The highest BCUT2D eigenvalue weighted by molar-refractivity contribution is 5.17. The molecule has 0 amide bonds. The molecule has 0 saturated heterocycles. The van der Waals surface area contributed by atoms with Crippen molar-refractivity contribution in [2.75, 3.05) is 6.54 Å². The van der Waals surface area contributed by atoms with Crippen molar-refractivity contribution in [1.82, 2.24) is 5.32 Å². The van der Waals surface area contributed by atoms with Crippen molar-refractivity contribution in [2.45, 2.75) is 25.8 Å². The molecule has 0 aliphatic carbocycles. The Bertz CT molecular complexity index is 344. The number of nitrogens with zero attached hydrogens (tertiary/aromatic N) is 1. The van der Waals surface area contributed by atoms with E-state index in [0.29, 0.717) is 18.5 Å². The van der Waals surface area contributed by atoms with Crippen LogP contribution in [-0.4, -0.2) is 12.6 Å². The fraction of sp³-hybridized carbons (Fsp3) is 0.417. The second-order valence-corrected chi connectivity index (χ2v) is 3.39. The maximum atomic E-state index is 13.2. The van der Waals surface area contributed by atoms with Crippen molar-refractivity contribution in [1.29, 1.82) is 5.26 Å². The molecule has 0 aliphatic heterocycles. The molecule has 1 rings (SSSR count). The lowest BCUT2D eigenvalue weighted by atomic mass is 10.1. The van der Waals surface area contributed by atoms with Gasteiger partial charge in [0.25, 0.3) is 0 Å². The van der Waals surface area contributed by atoms with Crippen molar-refractivity contribution in [3.63, 3.8) is 0 Å². The predicted molar refractivity (Wildman–Crippen MR) is 57.8 cm³/mol. The summed E-state index contributed by atoms with van der Waals surface area (Å²) in [6.07, 6.45) is 1.39. The summed E-state index contributed by atoms with van der Waals surface area (Å²) < 4.78 is 13.2. The Balaban J connectivity index is 2.39. The van der Waals surface area contributed by atoms with Crippen LogP contribution < -0.4 is 5.32 Å². The minimum Gasteiger partial charge on any atom is -0.302 e. The third-order valence-corrected chi connectivity index (χ3v) is 2.31. The zero-order valence-electron chi connectivity index (χ0n) is 8.83. The first kappa shape index (κ1) is 11.7. The molecule has 2 nitrogen and oxygen atoms in total. The molecular weight excluding hydrogens is 191 g/mol. The van der Waals surface area contributed by atoms with Gasteiger partial charge in [-0.1, -0.05) is 25.1 Å². The summed E-state index contributed by atoms with van der Waals surface area (Å²) in [6, 6.07) is 8.74. The number of nitrogens with one attached hydrogen (secondary N) is 1. The van der Waals surface area contributed by atoms with E-state index in [2.05, 4.69) is 11.4 Å². The van der Waals surface area contributed by atoms with Gasteiger partial charge in [-0.25, -0.2) is 4.39 Å². The molecule has 0 aromatic heterocycles. The van der Waals surface area contributed by atoms with Gasteiger partial charge < -0.3 is 5.32 Å². The van der Waals surface area contributed by atoms with Gasteiger partial charge >= 0.3 is 0 Å². The number of nitriles is 1. The number of benzene rings is 1. The van der Waals surface area contributed by atoms with Crippen LogP contribution in [0, 0.1) is 17.1 Å². The van der Waals surface area contributed by atoms with Crippen molar-refractivity contribution >= 4 is 0 Å². The molecule has 0 radical (unpaired) electrons. The van der Waals surface area contributed by atoms with E-state index in [4.69, 9.17) is 5.26 Å². The van der Waals surface area contributed by atoms with Crippen LogP contribution in [0.5, 0.6) is 0 Å². The smallest absolute Gasteiger partial charge is 0.126 e. The molecule has 0 heterocycles. The van der Waals surface area contributed by atoms with Gasteiger partial charge in [0.05, 0.1) is 12.1 Å². The van der Waals surface area contributed by atoms with Gasteiger partial charge in [0.15, 0.2) is 0 Å². The van der Waals surface area contributed by atoms with E-state index in [1.165, 1.54) is 6.07 Å². The molecule has 1 unspecified atom stereocenters. The van der Waals surface area contributed by atoms with Crippen molar-refractivity contribution in [3.8, 4) is 6.07 Å². The van der Waals surface area contributed by atoms with E-state index in [-0.39, 0.29) is 11.9 Å². The summed E-state index contributed by atoms with van der Waals surface area (Å²) in [6.45, 7) is 2.58. The zero-order valence-corrected chi connectivity index (χ0v) is 8.83. The highest BCUT2D eigenvalue weighted by Gasteiger charge is 2.04. The van der Waals surface area contributed by atoms with Gasteiger partial charge in [0, 0.05) is 6.54 Å². The largest absolute Gasteiger partial charge is 0.302 e. The second kappa shape index (κ2) is 6.15. The van der Waals surface area contributed by atoms with Gasteiger partial charge in [-0.3, -0.25) is 0 Å². The van der Waals surface area contributed by atoms with Crippen molar-refractivity contribution in [2.24, 2.45) is 0 Å². The fourth-order valence-corrected chi connectivity index (χ4v) is 1.36. The Morgan fingerprint density at radius 2 is 2.20 bits per heavy atom. The molecule has 3 heteroatoms. The fourth-order valence-electron chi connectivity index (χ4n) is 1.36. The second-order valence-electron chi connectivity index (χ2n) is 3.39. The number of halogens is 1. The van der Waals surface area contributed by atoms with E-state index in [1.54, 1.807) is 12.1 Å². The van der Waals surface area contributed by atoms with E-state index in [9.17, 15) is 4.39 Å². The average Bonchev–Trinajstić information content (AvgIpc) is 2.27. The standard InChI is InChI=1S/C12H15FN2/c1-2-11(9-14)15-8-7-10-5-3-4-6-12(10)13/h3-6,11,15H,2,7-8H2,1H3. The molecule has 0 fully saturated rings. The van der Waals surface area contributed by atoms with E-state index < -0.39 is 0 Å². The minimum absolute atomic E-state index is 0.128. The third-order valence-electron chi connectivity index (χ3n) is 2.31. The molecule has 0 spiro atoms. The third kappa shape index (κ3) is 3.69. The van der Waals surface area contributed by atoms with Gasteiger partial charge in [0.1, 0.15) is 5.82 Å². The summed E-state index contributed by atoms with van der Waals surface area (Å²) in [4.78, 5) is 0. The SMILES string of the molecule is CCC(C#N)NCCc1ccccc1F. The normalized spacial score (nSPS) is 12.1. The van der Waals surface area contributed by atoms with E-state index in [1.807, 2.05) is 13.0 Å². The molecule has 1 aromatic carbocycles. The van der Waals surface area contributed by atoms with Crippen LogP contribution in [0.2, 0.25) is 0 Å². The first-order chi connectivity index (χ1) is 7.27. The van der Waals surface area contributed by atoms with Crippen LogP contribution in [0.15, 0.2) is 24.3 Å². The topological polar surface area (TPSA) is 35.8 Å². The number of rotatable bonds is 5. The lowest BCUT2D eigenvalue weighted by Gasteiger charge is -2.08. The Morgan fingerprint density at radius 3 is 2.80 bits per heavy atom. The zero-order chi connectivity index (χ0) is 11.1. The predicted octanol–water partition coefficient (Wildman–Crippen LogP) is 2.26. The maximum absolute atomic E-state index is 13.2. The lowest BCUT2D eigenvalue weighted by Crippen LogP contribution is -2.28. The van der Waals surface area contributed by atoms with E-state index >= 15 is 0 Å². The molecule has 1 aromatic rings. The van der Waals surface area contributed by atoms with Crippen LogP contribution in [0.4, 0.5) is 4.39 Å². The highest BCUT2D eigenvalue weighted by atomic mass is 19.1. The Hall–Kier alpha value is -1.40. The summed E-state index contributed by atoms with van der Waals surface area (Å²) in [5.74, 6) is -0.177. The van der Waals surface area contributed by atoms with Crippen molar-refractivity contribution < 1.29 is 4.39 Å². The molecule has 0 saturated carbocycles. The molecule has 1 N–H and O–H groups in total. The van der Waals surface area contributed by atoms with Crippen LogP contribution >= 0.6 is 0 Å². The summed E-state index contributed by atoms with van der Waals surface area (Å²) in [5.41, 5.74) is 0.692. The number of hydrogen-bond donors (Lipinski definition) is 1. The summed E-state index contributed by atoms with van der Waals surface area (Å²) in [7, 11) is 0. The van der Waals surface area contributed by atoms with Crippen LogP contribution in [-0.2, 0) is 6.42 Å². The first-order valence-electron chi connectivity index (χ1n) is 5.14. The minimum atomic E-state index is -0.177. The molecule has 1 atom stereocenters. The Labute approximate surface area is 89.7 Å². The van der Waals surface area contributed by atoms with Gasteiger partial charge in [-0.2, -0.15) is 5.26 Å². The lowest BCUT2D eigenvalue weighted by molar-refractivity contribution is 0.568. The quantitative estimate of drug-likeness (QED) is 0.802. The van der Waals surface area contributed by atoms with Crippen LogP contribution in [0.3, 0.4) is 0 Å².